The highest BCUT2D eigenvalue weighted by Crippen LogP contribution is 2.31. The highest BCUT2D eigenvalue weighted by Gasteiger charge is 2.25. The largest absolute Gasteiger partial charge is 0.481 e. The van der Waals surface area contributed by atoms with E-state index >= 15 is 0 Å². The number of sulfone groups is 1. The van der Waals surface area contributed by atoms with Gasteiger partial charge in [-0.15, -0.1) is 0 Å². The summed E-state index contributed by atoms with van der Waals surface area (Å²) in [5.41, 5.74) is -0.922. The van der Waals surface area contributed by atoms with Crippen LogP contribution in [0, 0.1) is 10.1 Å². The Morgan fingerprint density at radius 2 is 2.00 bits per heavy atom. The van der Waals surface area contributed by atoms with Gasteiger partial charge in [0.05, 0.1) is 9.82 Å². The van der Waals surface area contributed by atoms with E-state index in [1.165, 1.54) is 12.1 Å². The van der Waals surface area contributed by atoms with E-state index in [1.54, 1.807) is 13.8 Å². The van der Waals surface area contributed by atoms with Crippen molar-refractivity contribution in [1.29, 1.82) is 0 Å². The third kappa shape index (κ3) is 4.99. The van der Waals surface area contributed by atoms with Crippen LogP contribution in [-0.2, 0) is 14.6 Å². The topological polar surface area (TPSA) is 127 Å². The molecular formula is C13H18N2O6S. The van der Waals surface area contributed by atoms with Gasteiger partial charge in [0.15, 0.2) is 9.84 Å². The number of benzene rings is 1. The quantitative estimate of drug-likeness (QED) is 0.578. The summed E-state index contributed by atoms with van der Waals surface area (Å²) in [6, 6.07) is 3.58. The number of carboxylic acids is 1. The molecular weight excluding hydrogens is 312 g/mol. The summed E-state index contributed by atoms with van der Waals surface area (Å²) in [6.07, 6.45) is 1.14. The third-order valence-electron chi connectivity index (χ3n) is 3.03. The number of nitrogens with zero attached hydrogens (tertiary/aromatic N) is 1. The van der Waals surface area contributed by atoms with Gasteiger partial charge in [-0.05, 0) is 32.4 Å². The summed E-state index contributed by atoms with van der Waals surface area (Å²) < 4.78 is 22.9. The lowest BCUT2D eigenvalue weighted by Crippen LogP contribution is -2.31. The minimum atomic E-state index is -3.55. The number of hydrogen-bond acceptors (Lipinski definition) is 6. The Morgan fingerprint density at radius 3 is 2.45 bits per heavy atom. The number of carbonyl (C=O) groups is 1. The van der Waals surface area contributed by atoms with E-state index in [2.05, 4.69) is 5.32 Å². The van der Waals surface area contributed by atoms with Gasteiger partial charge in [0.1, 0.15) is 5.69 Å². The maximum atomic E-state index is 11.5. The zero-order chi connectivity index (χ0) is 17.1. The number of nitrogens with one attached hydrogen (secondary N) is 1. The van der Waals surface area contributed by atoms with Crippen molar-refractivity contribution < 1.29 is 23.2 Å². The SMILES string of the molecule is CC(C)(CCC(=O)O)Nc1ccc(S(C)(=O)=O)cc1[N+](=O)[O-]. The van der Waals surface area contributed by atoms with Crippen LogP contribution < -0.4 is 5.32 Å². The Bertz CT molecular complexity index is 696. The molecule has 0 atom stereocenters. The molecule has 122 valence electrons. The molecule has 0 aliphatic rings. The smallest absolute Gasteiger partial charge is 0.303 e. The van der Waals surface area contributed by atoms with Gasteiger partial charge in [0.2, 0.25) is 0 Å². The van der Waals surface area contributed by atoms with Crippen molar-refractivity contribution in [2.45, 2.75) is 37.1 Å². The Morgan fingerprint density at radius 1 is 1.41 bits per heavy atom. The molecule has 0 aliphatic carbocycles. The predicted molar refractivity (Wildman–Crippen MR) is 80.8 cm³/mol. The van der Waals surface area contributed by atoms with Crippen molar-refractivity contribution in [3.05, 3.63) is 28.3 Å². The van der Waals surface area contributed by atoms with E-state index in [4.69, 9.17) is 5.11 Å². The zero-order valence-electron chi connectivity index (χ0n) is 12.5. The van der Waals surface area contributed by atoms with Crippen molar-refractivity contribution >= 4 is 27.2 Å². The van der Waals surface area contributed by atoms with E-state index in [-0.39, 0.29) is 29.1 Å². The first-order chi connectivity index (χ1) is 9.92. The molecule has 0 amide bonds. The van der Waals surface area contributed by atoms with Gasteiger partial charge in [-0.2, -0.15) is 0 Å². The Kier molecular flexibility index (Phi) is 5.13. The van der Waals surface area contributed by atoms with Gasteiger partial charge in [-0.25, -0.2) is 8.42 Å². The highest BCUT2D eigenvalue weighted by atomic mass is 32.2. The molecule has 0 fully saturated rings. The number of aliphatic carboxylic acids is 1. The second-order valence-corrected chi connectivity index (χ2v) is 7.63. The van der Waals surface area contributed by atoms with Gasteiger partial charge in [-0.3, -0.25) is 14.9 Å². The van der Waals surface area contributed by atoms with Gasteiger partial charge in [-0.1, -0.05) is 0 Å². The lowest BCUT2D eigenvalue weighted by atomic mass is 9.97. The molecule has 22 heavy (non-hydrogen) atoms. The fraction of sp³-hybridized carbons (Fsp3) is 0.462. The van der Waals surface area contributed by atoms with Crippen molar-refractivity contribution in [1.82, 2.24) is 0 Å². The second kappa shape index (κ2) is 6.30. The number of rotatable bonds is 7. The van der Waals surface area contributed by atoms with E-state index in [0.29, 0.717) is 0 Å². The van der Waals surface area contributed by atoms with Gasteiger partial charge in [0.25, 0.3) is 5.69 Å². The summed E-state index contributed by atoms with van der Waals surface area (Å²) in [7, 11) is -3.55. The molecule has 0 bridgehead atoms. The van der Waals surface area contributed by atoms with Gasteiger partial charge < -0.3 is 10.4 Å². The fourth-order valence-electron chi connectivity index (χ4n) is 1.85. The molecule has 0 aliphatic heterocycles. The molecule has 0 aromatic heterocycles. The summed E-state index contributed by atoms with van der Waals surface area (Å²) in [4.78, 5) is 20.9. The van der Waals surface area contributed by atoms with Crippen molar-refractivity contribution in [2.75, 3.05) is 11.6 Å². The van der Waals surface area contributed by atoms with Crippen LogP contribution in [0.25, 0.3) is 0 Å². The lowest BCUT2D eigenvalue weighted by molar-refractivity contribution is -0.384. The Hall–Kier alpha value is -2.16. The average molecular weight is 330 g/mol. The van der Waals surface area contributed by atoms with Crippen LogP contribution in [0.5, 0.6) is 0 Å². The maximum absolute atomic E-state index is 11.5. The van der Waals surface area contributed by atoms with Crippen LogP contribution in [0.1, 0.15) is 26.7 Å². The summed E-state index contributed by atoms with van der Waals surface area (Å²) in [6.45, 7) is 3.42. The van der Waals surface area contributed by atoms with Crippen LogP contribution in [0.15, 0.2) is 23.1 Å². The maximum Gasteiger partial charge on any atom is 0.303 e. The minimum absolute atomic E-state index is 0.0881. The number of nitro benzene ring substituents is 1. The second-order valence-electron chi connectivity index (χ2n) is 5.61. The molecule has 0 heterocycles. The molecule has 8 nitrogen and oxygen atoms in total. The lowest BCUT2D eigenvalue weighted by Gasteiger charge is -2.26. The van der Waals surface area contributed by atoms with E-state index in [1.807, 2.05) is 0 Å². The van der Waals surface area contributed by atoms with Gasteiger partial charge in [0, 0.05) is 24.3 Å². The molecule has 0 unspecified atom stereocenters. The van der Waals surface area contributed by atoms with Crippen LogP contribution in [0.3, 0.4) is 0 Å². The van der Waals surface area contributed by atoms with Gasteiger partial charge >= 0.3 is 5.97 Å². The highest BCUT2D eigenvalue weighted by molar-refractivity contribution is 7.90. The monoisotopic (exact) mass is 330 g/mol. The molecule has 2 N–H and O–H groups in total. The molecule has 0 spiro atoms. The molecule has 0 saturated heterocycles. The first kappa shape index (κ1) is 17.9. The zero-order valence-corrected chi connectivity index (χ0v) is 13.3. The van der Waals surface area contributed by atoms with Crippen LogP contribution in [0.4, 0.5) is 11.4 Å². The van der Waals surface area contributed by atoms with E-state index in [9.17, 15) is 23.3 Å². The molecule has 1 rings (SSSR count). The van der Waals surface area contributed by atoms with Crippen molar-refractivity contribution in [3.63, 3.8) is 0 Å². The summed E-state index contributed by atoms with van der Waals surface area (Å²) in [5, 5.41) is 22.7. The van der Waals surface area contributed by atoms with Crippen LogP contribution >= 0.6 is 0 Å². The minimum Gasteiger partial charge on any atom is -0.481 e. The van der Waals surface area contributed by atoms with Crippen molar-refractivity contribution in [3.8, 4) is 0 Å². The van der Waals surface area contributed by atoms with E-state index < -0.39 is 26.3 Å². The predicted octanol–water partition coefficient (Wildman–Crippen LogP) is 2.05. The number of carboxylic acid groups (broad SMARTS) is 1. The number of nitro groups is 1. The molecule has 9 heteroatoms. The Labute approximate surface area is 128 Å². The summed E-state index contributed by atoms with van der Waals surface area (Å²) in [5.74, 6) is -0.961. The number of anilines is 1. The molecule has 1 aromatic carbocycles. The Balaban J connectivity index is 3.14. The van der Waals surface area contributed by atoms with Crippen molar-refractivity contribution in [2.24, 2.45) is 0 Å². The normalized spacial score (nSPS) is 12.0. The first-order valence-corrected chi connectivity index (χ1v) is 8.30. The first-order valence-electron chi connectivity index (χ1n) is 6.41. The van der Waals surface area contributed by atoms with E-state index in [0.717, 1.165) is 12.3 Å². The van der Waals surface area contributed by atoms with Crippen LogP contribution in [-0.4, -0.2) is 36.2 Å². The van der Waals surface area contributed by atoms with Crippen LogP contribution in [0.2, 0.25) is 0 Å². The fourth-order valence-corrected chi connectivity index (χ4v) is 2.49. The molecule has 1 aromatic rings. The number of hydrogen-bond donors (Lipinski definition) is 2. The molecule has 0 radical (unpaired) electrons. The summed E-state index contributed by atoms with van der Waals surface area (Å²) >= 11 is 0. The average Bonchev–Trinajstić information content (AvgIpc) is 2.35. The standard InChI is InChI=1S/C13H18N2O6S/c1-13(2,7-6-12(16)17)14-10-5-4-9(22(3,20)21)8-11(10)15(18)19/h4-5,8,14H,6-7H2,1-3H3,(H,16,17). The molecule has 0 saturated carbocycles. The third-order valence-corrected chi connectivity index (χ3v) is 4.14.